The van der Waals surface area contributed by atoms with E-state index >= 15 is 0 Å². The average Bonchev–Trinajstić information content (AvgIpc) is 3.12. The number of dihydropyridines is 1. The average molecular weight is 705 g/mol. The first-order valence-electron chi connectivity index (χ1n) is 17.8. The third-order valence-corrected chi connectivity index (χ3v) is 8.72. The summed E-state index contributed by atoms with van der Waals surface area (Å²) >= 11 is 0. The maximum Gasteiger partial charge on any atom is 0.339 e. The summed E-state index contributed by atoms with van der Waals surface area (Å²) in [6.07, 6.45) is 11.5. The molecular formula is C39H56N6O6. The molecule has 0 saturated carbocycles. The topological polar surface area (TPSA) is 170 Å². The van der Waals surface area contributed by atoms with E-state index in [1.54, 1.807) is 35.5 Å². The largest absolute Gasteiger partial charge is 0.462 e. The van der Waals surface area contributed by atoms with Gasteiger partial charge in [0.1, 0.15) is 0 Å². The minimum absolute atomic E-state index is 0.0403. The molecule has 0 spiro atoms. The fraction of sp³-hybridized carbons (Fsp3) is 0.513. The van der Waals surface area contributed by atoms with Gasteiger partial charge in [-0.25, -0.2) is 9.59 Å². The van der Waals surface area contributed by atoms with Crippen LogP contribution in [0.25, 0.3) is 0 Å². The smallest absolute Gasteiger partial charge is 0.339 e. The van der Waals surface area contributed by atoms with E-state index in [0.29, 0.717) is 69.5 Å². The van der Waals surface area contributed by atoms with Gasteiger partial charge in [-0.05, 0) is 82.2 Å². The maximum atomic E-state index is 13.4. The van der Waals surface area contributed by atoms with Crippen LogP contribution in [0.1, 0.15) is 94.1 Å². The van der Waals surface area contributed by atoms with Crippen molar-refractivity contribution < 1.29 is 28.7 Å². The highest BCUT2D eigenvalue weighted by molar-refractivity contribution is 5.91. The summed E-state index contributed by atoms with van der Waals surface area (Å²) in [5, 5.41) is 2.98. The monoisotopic (exact) mass is 704 g/mol. The molecule has 1 aromatic heterocycles. The number of amides is 2. The van der Waals surface area contributed by atoms with Gasteiger partial charge in [0.15, 0.2) is 0 Å². The number of ether oxygens (including phenoxy) is 2. The molecule has 1 atom stereocenters. The Morgan fingerprint density at radius 1 is 0.843 bits per heavy atom. The molecule has 278 valence electrons. The number of hydrogen-bond acceptors (Lipinski definition) is 10. The molecule has 51 heavy (non-hydrogen) atoms. The van der Waals surface area contributed by atoms with Gasteiger partial charge in [-0.15, -0.1) is 0 Å². The van der Waals surface area contributed by atoms with E-state index in [1.165, 1.54) is 6.20 Å². The first-order chi connectivity index (χ1) is 24.3. The zero-order valence-corrected chi connectivity index (χ0v) is 30.7. The molecule has 0 aliphatic carbocycles. The number of hydrogen-bond donors (Lipinski definition) is 3. The summed E-state index contributed by atoms with van der Waals surface area (Å²) in [4.78, 5) is 58.7. The standard InChI is InChI=1S/C39H56N6O6/c1-5-39(4,41)19-23-45(35(47)13-9-25-51-37(49)33-11-7-21-43-27-33)29-31-16-14-30(15-17-31)28-44(22-18-38(2,3)40)34(46)12-8-24-50-36(48)32-10-6-20-42-26-32/h6-7,10-11,14-17,21,26-27,42H,5,8-9,12-13,18-20,22-25,28-29,40-41H2,1-4H3. The predicted molar refractivity (Wildman–Crippen MR) is 197 cm³/mol. The number of pyridine rings is 1. The molecule has 0 bridgehead atoms. The molecule has 2 heterocycles. The minimum Gasteiger partial charge on any atom is -0.462 e. The number of nitrogens with two attached hydrogens (primary N) is 2. The van der Waals surface area contributed by atoms with Crippen LogP contribution in [0.4, 0.5) is 0 Å². The van der Waals surface area contributed by atoms with Crippen LogP contribution in [-0.2, 0) is 36.9 Å². The van der Waals surface area contributed by atoms with Crippen molar-refractivity contribution in [3.05, 3.63) is 89.4 Å². The Labute approximate surface area is 302 Å². The van der Waals surface area contributed by atoms with Gasteiger partial charge in [0.05, 0.1) is 24.4 Å². The van der Waals surface area contributed by atoms with Crippen LogP contribution in [0.2, 0.25) is 0 Å². The Morgan fingerprint density at radius 3 is 1.90 bits per heavy atom. The molecule has 2 amide bonds. The van der Waals surface area contributed by atoms with Gasteiger partial charge >= 0.3 is 11.9 Å². The van der Waals surface area contributed by atoms with Gasteiger partial charge < -0.3 is 36.1 Å². The summed E-state index contributed by atoms with van der Waals surface area (Å²) in [7, 11) is 0. The van der Waals surface area contributed by atoms with E-state index < -0.39 is 23.0 Å². The minimum atomic E-state index is -0.467. The number of aromatic nitrogens is 1. The lowest BCUT2D eigenvalue weighted by Gasteiger charge is -2.29. The van der Waals surface area contributed by atoms with E-state index in [4.69, 9.17) is 20.9 Å². The van der Waals surface area contributed by atoms with Crippen LogP contribution in [0.15, 0.2) is 72.7 Å². The number of carbonyl (C=O) groups is 4. The Balaban J connectivity index is 1.58. The summed E-state index contributed by atoms with van der Waals surface area (Å²) in [5.74, 6) is -0.969. The van der Waals surface area contributed by atoms with Gasteiger partial charge in [0.2, 0.25) is 11.8 Å². The van der Waals surface area contributed by atoms with E-state index in [-0.39, 0.29) is 37.9 Å². The van der Waals surface area contributed by atoms with E-state index in [2.05, 4.69) is 10.3 Å². The third-order valence-electron chi connectivity index (χ3n) is 8.72. The second kappa shape index (κ2) is 20.3. The summed E-state index contributed by atoms with van der Waals surface area (Å²) in [5.41, 5.74) is 14.6. The molecule has 0 radical (unpaired) electrons. The number of rotatable bonds is 21. The highest BCUT2D eigenvalue weighted by Gasteiger charge is 2.22. The second-order valence-corrected chi connectivity index (χ2v) is 14.1. The molecule has 0 saturated heterocycles. The van der Waals surface area contributed by atoms with E-state index in [0.717, 1.165) is 17.5 Å². The van der Waals surface area contributed by atoms with Crippen molar-refractivity contribution in [1.29, 1.82) is 0 Å². The molecule has 5 N–H and O–H groups in total. The SMILES string of the molecule is CCC(C)(N)CCN(Cc1ccc(CN(CCC(C)(C)N)C(=O)CCCOC(=O)C2=CNCC=C2)cc1)C(=O)CCCOC(=O)c1cccnc1. The first kappa shape index (κ1) is 40.9. The molecule has 1 aromatic carbocycles. The van der Waals surface area contributed by atoms with Crippen LogP contribution in [0, 0.1) is 0 Å². The summed E-state index contributed by atoms with van der Waals surface area (Å²) in [6.45, 7) is 10.6. The zero-order valence-electron chi connectivity index (χ0n) is 30.7. The lowest BCUT2D eigenvalue weighted by molar-refractivity contribution is -0.140. The third kappa shape index (κ3) is 15.5. The summed E-state index contributed by atoms with van der Waals surface area (Å²) in [6, 6.07) is 11.2. The highest BCUT2D eigenvalue weighted by Crippen LogP contribution is 2.17. The fourth-order valence-corrected chi connectivity index (χ4v) is 5.11. The van der Waals surface area contributed by atoms with Crippen LogP contribution in [0.3, 0.4) is 0 Å². The van der Waals surface area contributed by atoms with Gasteiger partial charge in [-0.1, -0.05) is 37.3 Å². The van der Waals surface area contributed by atoms with Crippen molar-refractivity contribution in [1.82, 2.24) is 20.1 Å². The lowest BCUT2D eigenvalue weighted by Crippen LogP contribution is -2.41. The maximum absolute atomic E-state index is 13.4. The van der Waals surface area contributed by atoms with Crippen LogP contribution in [0.5, 0.6) is 0 Å². The number of benzene rings is 1. The van der Waals surface area contributed by atoms with Gasteiger partial charge in [-0.3, -0.25) is 14.6 Å². The van der Waals surface area contributed by atoms with Crippen LogP contribution in [-0.4, -0.2) is 82.5 Å². The number of esters is 2. The summed E-state index contributed by atoms with van der Waals surface area (Å²) < 4.78 is 10.7. The van der Waals surface area contributed by atoms with Gasteiger partial charge in [0, 0.05) is 75.2 Å². The number of carbonyl (C=O) groups excluding carboxylic acids is 4. The Hall–Kier alpha value is -4.55. The van der Waals surface area contributed by atoms with Gasteiger partial charge in [0.25, 0.3) is 0 Å². The van der Waals surface area contributed by atoms with Crippen LogP contribution >= 0.6 is 0 Å². The molecule has 2 aromatic rings. The van der Waals surface area contributed by atoms with Crippen molar-refractivity contribution in [3.63, 3.8) is 0 Å². The van der Waals surface area contributed by atoms with Crippen molar-refractivity contribution in [2.75, 3.05) is 32.8 Å². The molecule has 1 aliphatic rings. The van der Waals surface area contributed by atoms with E-state index in [9.17, 15) is 19.2 Å². The van der Waals surface area contributed by atoms with Crippen molar-refractivity contribution >= 4 is 23.8 Å². The normalized spacial score (nSPS) is 13.7. The first-order valence-corrected chi connectivity index (χ1v) is 17.8. The highest BCUT2D eigenvalue weighted by atomic mass is 16.5. The van der Waals surface area contributed by atoms with E-state index in [1.807, 2.05) is 62.9 Å². The van der Waals surface area contributed by atoms with Gasteiger partial charge in [-0.2, -0.15) is 0 Å². The molecule has 3 rings (SSSR count). The molecule has 1 aliphatic heterocycles. The molecule has 12 nitrogen and oxygen atoms in total. The van der Waals surface area contributed by atoms with Crippen molar-refractivity contribution in [2.45, 2.75) is 96.8 Å². The lowest BCUT2D eigenvalue weighted by atomic mass is 9.95. The Morgan fingerprint density at radius 2 is 1.41 bits per heavy atom. The Bertz CT molecular complexity index is 1480. The molecule has 1 unspecified atom stereocenters. The Kier molecular flexibility index (Phi) is 16.3. The van der Waals surface area contributed by atoms with Crippen LogP contribution < -0.4 is 16.8 Å². The molecule has 12 heteroatoms. The quantitative estimate of drug-likeness (QED) is 0.125. The number of nitrogens with zero attached hydrogens (tertiary/aromatic N) is 3. The number of nitrogens with one attached hydrogen (secondary N) is 1. The fourth-order valence-electron chi connectivity index (χ4n) is 5.11. The van der Waals surface area contributed by atoms with Crippen molar-refractivity contribution in [2.24, 2.45) is 11.5 Å². The molecular weight excluding hydrogens is 648 g/mol. The van der Waals surface area contributed by atoms with Crippen molar-refractivity contribution in [3.8, 4) is 0 Å². The second-order valence-electron chi connectivity index (χ2n) is 14.1. The molecule has 0 fully saturated rings. The zero-order chi connectivity index (χ0) is 37.3. The predicted octanol–water partition coefficient (Wildman–Crippen LogP) is 4.39.